The molecule has 4 rings (SSSR count). The summed E-state index contributed by atoms with van der Waals surface area (Å²) in [6.45, 7) is 4.99. The Morgan fingerprint density at radius 1 is 1.07 bits per heavy atom. The first-order valence-corrected chi connectivity index (χ1v) is 10.5. The van der Waals surface area contributed by atoms with Gasteiger partial charge in [-0.2, -0.15) is 0 Å². The molecule has 0 N–H and O–H groups in total. The number of carbonyl (C=O) groups excluding carboxylic acids is 2. The maximum atomic E-state index is 12.7. The average Bonchev–Trinajstić information content (AvgIpc) is 2.74. The molecule has 2 fully saturated rings. The molecule has 3 heterocycles. The van der Waals surface area contributed by atoms with Gasteiger partial charge in [0, 0.05) is 32.3 Å². The highest BCUT2D eigenvalue weighted by molar-refractivity contribution is 5.79. The van der Waals surface area contributed by atoms with Crippen LogP contribution in [0.3, 0.4) is 0 Å². The zero-order valence-corrected chi connectivity index (χ0v) is 17.1. The van der Waals surface area contributed by atoms with Gasteiger partial charge in [0.25, 0.3) is 0 Å². The van der Waals surface area contributed by atoms with Gasteiger partial charge in [-0.3, -0.25) is 14.6 Å². The van der Waals surface area contributed by atoms with Crippen LogP contribution < -0.4 is 0 Å². The zero-order valence-electron chi connectivity index (χ0n) is 17.1. The highest BCUT2D eigenvalue weighted by Gasteiger charge is 2.41. The Bertz CT molecular complexity index is 855. The van der Waals surface area contributed by atoms with Crippen LogP contribution >= 0.6 is 0 Å². The molecular weight excluding hydrogens is 362 g/mol. The predicted molar refractivity (Wildman–Crippen MR) is 112 cm³/mol. The number of nitrogens with zero attached hydrogens (tertiary/aromatic N) is 3. The average molecular weight is 392 g/mol. The minimum absolute atomic E-state index is 0.142. The van der Waals surface area contributed by atoms with Crippen LogP contribution in [0, 0.1) is 12.3 Å². The number of aryl methyl sites for hydroxylation is 1. The van der Waals surface area contributed by atoms with Gasteiger partial charge in [-0.15, -0.1) is 0 Å². The first-order chi connectivity index (χ1) is 14.0. The van der Waals surface area contributed by atoms with E-state index < -0.39 is 0 Å². The van der Waals surface area contributed by atoms with Crippen molar-refractivity contribution in [2.24, 2.45) is 5.41 Å². The number of piperidine rings is 2. The van der Waals surface area contributed by atoms with Gasteiger partial charge >= 0.3 is 0 Å². The summed E-state index contributed by atoms with van der Waals surface area (Å²) >= 11 is 0. The third-order valence-corrected chi connectivity index (χ3v) is 6.48. The van der Waals surface area contributed by atoms with E-state index in [9.17, 15) is 9.59 Å². The molecule has 0 atom stereocenters. The molecular formula is C24H29N3O2. The predicted octanol–water partition coefficient (Wildman–Crippen LogP) is 3.36. The number of hydrogen-bond acceptors (Lipinski definition) is 3. The summed E-state index contributed by atoms with van der Waals surface area (Å²) in [7, 11) is 0. The number of carbonyl (C=O) groups is 2. The third kappa shape index (κ3) is 4.66. The van der Waals surface area contributed by atoms with Gasteiger partial charge in [-0.25, -0.2) is 0 Å². The molecule has 5 heteroatoms. The summed E-state index contributed by atoms with van der Waals surface area (Å²) in [5.41, 5.74) is 3.36. The molecule has 5 nitrogen and oxygen atoms in total. The standard InChI is InChI=1S/C24H29N3O2/c1-19-5-7-20(8-6-19)16-23(29)26-14-11-24(12-15-26)10-9-22(28)27(18-24)17-21-4-2-3-13-25-21/h2-8,13H,9-12,14-18H2,1H3. The van der Waals surface area contributed by atoms with E-state index in [1.54, 1.807) is 6.20 Å². The van der Waals surface area contributed by atoms with E-state index >= 15 is 0 Å². The minimum atomic E-state index is 0.142. The molecule has 2 amide bonds. The lowest BCUT2D eigenvalue weighted by molar-refractivity contribution is -0.143. The van der Waals surface area contributed by atoms with Crippen molar-refractivity contribution in [3.8, 4) is 0 Å². The fourth-order valence-corrected chi connectivity index (χ4v) is 4.56. The largest absolute Gasteiger partial charge is 0.342 e. The van der Waals surface area contributed by atoms with Crippen LogP contribution in [0.1, 0.15) is 42.5 Å². The first-order valence-electron chi connectivity index (χ1n) is 10.5. The van der Waals surface area contributed by atoms with E-state index in [0.717, 1.165) is 50.2 Å². The van der Waals surface area contributed by atoms with E-state index in [4.69, 9.17) is 0 Å². The van der Waals surface area contributed by atoms with Crippen molar-refractivity contribution in [1.29, 1.82) is 0 Å². The number of pyridine rings is 1. The normalized spacial score (nSPS) is 18.9. The van der Waals surface area contributed by atoms with Crippen molar-refractivity contribution in [3.05, 3.63) is 65.5 Å². The molecule has 1 aromatic heterocycles. The number of amides is 2. The Labute approximate surface area is 172 Å². The number of aromatic nitrogens is 1. The Hall–Kier alpha value is -2.69. The smallest absolute Gasteiger partial charge is 0.226 e. The fourth-order valence-electron chi connectivity index (χ4n) is 4.56. The maximum absolute atomic E-state index is 12.7. The van der Waals surface area contributed by atoms with Gasteiger partial charge in [0.2, 0.25) is 11.8 Å². The molecule has 152 valence electrons. The molecule has 0 saturated carbocycles. The van der Waals surface area contributed by atoms with E-state index in [-0.39, 0.29) is 17.2 Å². The van der Waals surface area contributed by atoms with Crippen molar-refractivity contribution in [3.63, 3.8) is 0 Å². The minimum Gasteiger partial charge on any atom is -0.342 e. The van der Waals surface area contributed by atoms with Crippen LogP contribution in [-0.2, 0) is 22.6 Å². The molecule has 0 unspecified atom stereocenters. The second-order valence-corrected chi connectivity index (χ2v) is 8.61. The van der Waals surface area contributed by atoms with Crippen LogP contribution in [0.25, 0.3) is 0 Å². The van der Waals surface area contributed by atoms with Crippen molar-refractivity contribution in [1.82, 2.24) is 14.8 Å². The molecule has 29 heavy (non-hydrogen) atoms. The van der Waals surface area contributed by atoms with Crippen LogP contribution in [0.4, 0.5) is 0 Å². The van der Waals surface area contributed by atoms with E-state index in [2.05, 4.69) is 24.0 Å². The Morgan fingerprint density at radius 3 is 2.52 bits per heavy atom. The van der Waals surface area contributed by atoms with E-state index in [1.807, 2.05) is 40.1 Å². The lowest BCUT2D eigenvalue weighted by Gasteiger charge is -2.47. The van der Waals surface area contributed by atoms with E-state index in [1.165, 1.54) is 5.56 Å². The lowest BCUT2D eigenvalue weighted by Crippen LogP contribution is -2.52. The monoisotopic (exact) mass is 391 g/mol. The summed E-state index contributed by atoms with van der Waals surface area (Å²) in [5, 5.41) is 0. The van der Waals surface area contributed by atoms with Crippen LogP contribution in [0.2, 0.25) is 0 Å². The molecule has 2 aliphatic rings. The number of likely N-dealkylation sites (tertiary alicyclic amines) is 2. The molecule has 2 saturated heterocycles. The number of hydrogen-bond donors (Lipinski definition) is 0. The van der Waals surface area contributed by atoms with Crippen LogP contribution in [-0.4, -0.2) is 46.2 Å². The first kappa shape index (κ1) is 19.6. The second-order valence-electron chi connectivity index (χ2n) is 8.61. The summed E-state index contributed by atoms with van der Waals surface area (Å²) in [5.74, 6) is 0.431. The Morgan fingerprint density at radius 2 is 1.83 bits per heavy atom. The van der Waals surface area contributed by atoms with Gasteiger partial charge in [0.15, 0.2) is 0 Å². The number of rotatable bonds is 4. The van der Waals surface area contributed by atoms with Gasteiger partial charge in [-0.05, 0) is 49.3 Å². The van der Waals surface area contributed by atoms with Crippen LogP contribution in [0.15, 0.2) is 48.7 Å². The Balaban J connectivity index is 1.34. The molecule has 0 radical (unpaired) electrons. The second kappa shape index (κ2) is 8.36. The molecule has 1 aromatic carbocycles. The van der Waals surface area contributed by atoms with Gasteiger partial charge in [-0.1, -0.05) is 35.9 Å². The summed E-state index contributed by atoms with van der Waals surface area (Å²) in [4.78, 5) is 33.5. The Kier molecular flexibility index (Phi) is 5.65. The third-order valence-electron chi connectivity index (χ3n) is 6.48. The maximum Gasteiger partial charge on any atom is 0.226 e. The van der Waals surface area contributed by atoms with Gasteiger partial charge in [0.1, 0.15) is 0 Å². The summed E-state index contributed by atoms with van der Waals surface area (Å²) < 4.78 is 0. The lowest BCUT2D eigenvalue weighted by atomic mass is 9.72. The zero-order chi connectivity index (χ0) is 20.3. The highest BCUT2D eigenvalue weighted by Crippen LogP contribution is 2.40. The quantitative estimate of drug-likeness (QED) is 0.803. The van der Waals surface area contributed by atoms with Crippen molar-refractivity contribution >= 4 is 11.8 Å². The summed E-state index contributed by atoms with van der Waals surface area (Å²) in [6.07, 6.45) is 5.72. The summed E-state index contributed by atoms with van der Waals surface area (Å²) in [6, 6.07) is 14.0. The topological polar surface area (TPSA) is 53.5 Å². The molecule has 0 bridgehead atoms. The van der Waals surface area contributed by atoms with Gasteiger partial charge in [0.05, 0.1) is 18.7 Å². The molecule has 2 aliphatic heterocycles. The molecule has 0 aliphatic carbocycles. The SMILES string of the molecule is Cc1ccc(CC(=O)N2CCC3(CCC(=O)N(Cc4ccccn4)C3)CC2)cc1. The molecule has 1 spiro atoms. The van der Waals surface area contributed by atoms with E-state index in [0.29, 0.717) is 19.4 Å². The van der Waals surface area contributed by atoms with Gasteiger partial charge < -0.3 is 9.80 Å². The fraction of sp³-hybridized carbons (Fsp3) is 0.458. The van der Waals surface area contributed by atoms with Crippen molar-refractivity contribution in [2.75, 3.05) is 19.6 Å². The molecule has 2 aromatic rings. The van der Waals surface area contributed by atoms with Crippen molar-refractivity contribution < 1.29 is 9.59 Å². The van der Waals surface area contributed by atoms with Crippen LogP contribution in [0.5, 0.6) is 0 Å². The highest BCUT2D eigenvalue weighted by atomic mass is 16.2. The van der Waals surface area contributed by atoms with Crippen molar-refractivity contribution in [2.45, 2.75) is 45.6 Å². The number of benzene rings is 1.